The van der Waals surface area contributed by atoms with Crippen molar-refractivity contribution in [3.63, 3.8) is 0 Å². The van der Waals surface area contributed by atoms with E-state index in [-0.39, 0.29) is 5.56 Å². The minimum absolute atomic E-state index is 0.179. The molecule has 0 amide bonds. The summed E-state index contributed by atoms with van der Waals surface area (Å²) in [5.74, 6) is -0.996. The number of aromatic carboxylic acids is 1. The number of aryl methyl sites for hydroxylation is 1. The molecule has 0 aliphatic heterocycles. The lowest BCUT2D eigenvalue weighted by molar-refractivity contribution is 0.0697. The van der Waals surface area contributed by atoms with E-state index in [2.05, 4.69) is 4.98 Å². The number of carboxylic acids is 1. The molecule has 3 N–H and O–H groups in total. The number of carbonyl (C=O) groups is 1. The Morgan fingerprint density at radius 1 is 1.38 bits per heavy atom. The summed E-state index contributed by atoms with van der Waals surface area (Å²) in [6.07, 6.45) is 1.68. The fourth-order valence-corrected chi connectivity index (χ4v) is 1.90. The Morgan fingerprint density at radius 2 is 2.06 bits per heavy atom. The zero-order valence-corrected chi connectivity index (χ0v) is 9.11. The van der Waals surface area contributed by atoms with Gasteiger partial charge in [0.25, 0.3) is 0 Å². The maximum absolute atomic E-state index is 11.1. The number of anilines is 1. The molecule has 2 aromatic rings. The van der Waals surface area contributed by atoms with Crippen molar-refractivity contribution < 1.29 is 9.90 Å². The van der Waals surface area contributed by atoms with Crippen LogP contribution in [0, 0.1) is 13.8 Å². The van der Waals surface area contributed by atoms with Crippen LogP contribution in [0.4, 0.5) is 5.69 Å². The number of carboxylic acid groups (broad SMARTS) is 1. The molecule has 1 aromatic heterocycles. The van der Waals surface area contributed by atoms with Gasteiger partial charge in [-0.25, -0.2) is 4.79 Å². The third-order valence-corrected chi connectivity index (χ3v) is 2.87. The van der Waals surface area contributed by atoms with Crippen LogP contribution in [-0.4, -0.2) is 16.1 Å². The zero-order valence-electron chi connectivity index (χ0n) is 9.11. The van der Waals surface area contributed by atoms with Crippen molar-refractivity contribution in [1.82, 2.24) is 4.98 Å². The average Bonchev–Trinajstić information content (AvgIpc) is 2.26. The van der Waals surface area contributed by atoms with Crippen LogP contribution in [0.3, 0.4) is 0 Å². The summed E-state index contributed by atoms with van der Waals surface area (Å²) in [6.45, 7) is 3.61. The summed E-state index contributed by atoms with van der Waals surface area (Å²) in [6, 6.07) is 3.54. The van der Waals surface area contributed by atoms with E-state index in [0.29, 0.717) is 16.6 Å². The fraction of sp³-hybridized carbons (Fsp3) is 0.167. The highest BCUT2D eigenvalue weighted by Gasteiger charge is 2.17. The van der Waals surface area contributed by atoms with Gasteiger partial charge < -0.3 is 10.8 Å². The van der Waals surface area contributed by atoms with E-state index < -0.39 is 5.97 Å². The lowest BCUT2D eigenvalue weighted by atomic mass is 9.97. The first-order valence-electron chi connectivity index (χ1n) is 4.90. The first kappa shape index (κ1) is 10.4. The standard InChI is InChI=1S/C12H12N2O2/c1-6-7(2)11-8(4-3-5-14-11)10(13)9(6)12(15)16/h3-5H,13H2,1-2H3,(H,15,16). The Kier molecular flexibility index (Phi) is 2.27. The summed E-state index contributed by atoms with van der Waals surface area (Å²) in [5.41, 5.74) is 8.64. The Morgan fingerprint density at radius 3 is 2.69 bits per heavy atom. The molecule has 16 heavy (non-hydrogen) atoms. The van der Waals surface area contributed by atoms with E-state index in [1.807, 2.05) is 6.92 Å². The first-order chi connectivity index (χ1) is 7.54. The van der Waals surface area contributed by atoms with Crippen molar-refractivity contribution >= 4 is 22.6 Å². The van der Waals surface area contributed by atoms with Crippen molar-refractivity contribution in [1.29, 1.82) is 0 Å². The Hall–Kier alpha value is -2.10. The van der Waals surface area contributed by atoms with Gasteiger partial charge in [-0.15, -0.1) is 0 Å². The van der Waals surface area contributed by atoms with E-state index in [1.165, 1.54) is 0 Å². The summed E-state index contributed by atoms with van der Waals surface area (Å²) in [4.78, 5) is 15.4. The maximum atomic E-state index is 11.1. The minimum atomic E-state index is -0.996. The number of fused-ring (bicyclic) bond motifs is 1. The van der Waals surface area contributed by atoms with Crippen LogP contribution >= 0.6 is 0 Å². The van der Waals surface area contributed by atoms with Crippen LogP contribution in [0.1, 0.15) is 21.5 Å². The molecule has 0 unspecified atom stereocenters. The normalized spacial score (nSPS) is 10.6. The second-order valence-corrected chi connectivity index (χ2v) is 3.74. The van der Waals surface area contributed by atoms with Gasteiger partial charge in [-0.1, -0.05) is 0 Å². The van der Waals surface area contributed by atoms with Crippen molar-refractivity contribution in [3.05, 3.63) is 35.0 Å². The van der Waals surface area contributed by atoms with Gasteiger partial charge in [0.1, 0.15) is 0 Å². The molecule has 4 heteroatoms. The van der Waals surface area contributed by atoms with Crippen LogP contribution in [0.15, 0.2) is 18.3 Å². The quantitative estimate of drug-likeness (QED) is 0.716. The van der Waals surface area contributed by atoms with E-state index in [1.54, 1.807) is 25.3 Å². The minimum Gasteiger partial charge on any atom is -0.478 e. The van der Waals surface area contributed by atoms with Crippen molar-refractivity contribution in [2.24, 2.45) is 0 Å². The molecule has 0 atom stereocenters. The van der Waals surface area contributed by atoms with Gasteiger partial charge in [0.05, 0.1) is 16.8 Å². The molecule has 0 spiro atoms. The van der Waals surface area contributed by atoms with E-state index in [4.69, 9.17) is 10.8 Å². The predicted octanol–water partition coefficient (Wildman–Crippen LogP) is 2.13. The summed E-state index contributed by atoms with van der Waals surface area (Å²) >= 11 is 0. The molecule has 0 saturated carbocycles. The lowest BCUT2D eigenvalue weighted by Crippen LogP contribution is -2.08. The topological polar surface area (TPSA) is 76.2 Å². The Labute approximate surface area is 92.7 Å². The third-order valence-electron chi connectivity index (χ3n) is 2.87. The second-order valence-electron chi connectivity index (χ2n) is 3.74. The highest BCUT2D eigenvalue weighted by atomic mass is 16.4. The molecule has 0 fully saturated rings. The van der Waals surface area contributed by atoms with Gasteiger partial charge in [0.2, 0.25) is 0 Å². The molecule has 0 radical (unpaired) electrons. The SMILES string of the molecule is Cc1c(C(=O)O)c(N)c2cccnc2c1C. The molecule has 0 bridgehead atoms. The van der Waals surface area contributed by atoms with Crippen molar-refractivity contribution in [2.45, 2.75) is 13.8 Å². The summed E-state index contributed by atoms with van der Waals surface area (Å²) in [5, 5.41) is 9.83. The third kappa shape index (κ3) is 1.31. The monoisotopic (exact) mass is 216 g/mol. The van der Waals surface area contributed by atoms with Gasteiger partial charge in [0.15, 0.2) is 0 Å². The molecular formula is C12H12N2O2. The zero-order chi connectivity index (χ0) is 11.9. The number of hydrogen-bond acceptors (Lipinski definition) is 3. The van der Waals surface area contributed by atoms with Gasteiger partial charge in [0, 0.05) is 11.6 Å². The number of pyridine rings is 1. The highest BCUT2D eigenvalue weighted by molar-refractivity contribution is 6.06. The number of nitrogens with two attached hydrogens (primary N) is 1. The molecule has 4 nitrogen and oxygen atoms in total. The van der Waals surface area contributed by atoms with Gasteiger partial charge >= 0.3 is 5.97 Å². The first-order valence-corrected chi connectivity index (χ1v) is 4.90. The van der Waals surface area contributed by atoms with E-state index in [9.17, 15) is 4.79 Å². The molecular weight excluding hydrogens is 204 g/mol. The predicted molar refractivity (Wildman–Crippen MR) is 62.6 cm³/mol. The lowest BCUT2D eigenvalue weighted by Gasteiger charge is -2.12. The van der Waals surface area contributed by atoms with Crippen LogP contribution in [-0.2, 0) is 0 Å². The molecule has 0 aliphatic rings. The maximum Gasteiger partial charge on any atom is 0.338 e. The summed E-state index contributed by atoms with van der Waals surface area (Å²) < 4.78 is 0. The number of nitrogen functional groups attached to an aromatic ring is 1. The molecule has 1 aromatic carbocycles. The summed E-state index contributed by atoms with van der Waals surface area (Å²) in [7, 11) is 0. The van der Waals surface area contributed by atoms with Crippen LogP contribution in [0.2, 0.25) is 0 Å². The number of hydrogen-bond donors (Lipinski definition) is 2. The number of aromatic nitrogens is 1. The number of nitrogens with zero attached hydrogens (tertiary/aromatic N) is 1. The molecule has 1 heterocycles. The average molecular weight is 216 g/mol. The van der Waals surface area contributed by atoms with Gasteiger partial charge in [-0.05, 0) is 37.1 Å². The second kappa shape index (κ2) is 3.48. The Balaban J connectivity index is 3.00. The smallest absolute Gasteiger partial charge is 0.338 e. The molecule has 0 aliphatic carbocycles. The van der Waals surface area contributed by atoms with Gasteiger partial charge in [-0.3, -0.25) is 4.98 Å². The number of benzene rings is 1. The van der Waals surface area contributed by atoms with Crippen molar-refractivity contribution in [2.75, 3.05) is 5.73 Å². The molecule has 0 saturated heterocycles. The van der Waals surface area contributed by atoms with E-state index in [0.717, 1.165) is 11.1 Å². The fourth-order valence-electron chi connectivity index (χ4n) is 1.90. The van der Waals surface area contributed by atoms with Crippen LogP contribution < -0.4 is 5.73 Å². The van der Waals surface area contributed by atoms with Crippen LogP contribution in [0.5, 0.6) is 0 Å². The van der Waals surface area contributed by atoms with Crippen molar-refractivity contribution in [3.8, 4) is 0 Å². The molecule has 2 rings (SSSR count). The van der Waals surface area contributed by atoms with E-state index >= 15 is 0 Å². The molecule has 82 valence electrons. The largest absolute Gasteiger partial charge is 0.478 e. The van der Waals surface area contributed by atoms with Gasteiger partial charge in [-0.2, -0.15) is 0 Å². The highest BCUT2D eigenvalue weighted by Crippen LogP contribution is 2.30. The van der Waals surface area contributed by atoms with Crippen LogP contribution in [0.25, 0.3) is 10.9 Å². The Bertz CT molecular complexity index is 591. The number of rotatable bonds is 1.